The quantitative estimate of drug-likeness (QED) is 0.632. The summed E-state index contributed by atoms with van der Waals surface area (Å²) in [6.45, 7) is 3.29. The van der Waals surface area contributed by atoms with Crippen molar-refractivity contribution in [3.8, 4) is 11.4 Å². The summed E-state index contributed by atoms with van der Waals surface area (Å²) >= 11 is 12.3. The number of carbonyl (C=O) groups excluding carboxylic acids is 1. The van der Waals surface area contributed by atoms with Crippen molar-refractivity contribution >= 4 is 58.4 Å². The zero-order chi connectivity index (χ0) is 18.4. The molecule has 0 spiro atoms. The Labute approximate surface area is 172 Å². The molecule has 1 aliphatic rings. The van der Waals surface area contributed by atoms with Crippen LogP contribution in [0.5, 0.6) is 0 Å². The van der Waals surface area contributed by atoms with Gasteiger partial charge in [-0.15, -0.1) is 12.4 Å². The molecular formula is C18H18Cl3N5O. The Kier molecular flexibility index (Phi) is 5.51. The number of nitrogens with two attached hydrogens (primary N) is 1. The number of aromatic amines is 1. The van der Waals surface area contributed by atoms with Crippen LogP contribution < -0.4 is 5.73 Å². The van der Waals surface area contributed by atoms with Crippen molar-refractivity contribution in [2.75, 3.05) is 18.8 Å². The Morgan fingerprint density at radius 3 is 2.59 bits per heavy atom. The van der Waals surface area contributed by atoms with Gasteiger partial charge in [0.1, 0.15) is 22.7 Å². The average molecular weight is 427 g/mol. The molecule has 0 aliphatic carbocycles. The maximum Gasteiger partial charge on any atom is 0.257 e. The van der Waals surface area contributed by atoms with E-state index in [1.54, 1.807) is 25.1 Å². The summed E-state index contributed by atoms with van der Waals surface area (Å²) < 4.78 is 0. The third-order valence-corrected chi connectivity index (χ3v) is 5.19. The lowest BCUT2D eigenvalue weighted by Gasteiger charge is -2.16. The van der Waals surface area contributed by atoms with Crippen LogP contribution in [0.25, 0.3) is 22.4 Å². The number of amides is 1. The number of fused-ring (bicyclic) bond motifs is 1. The Balaban J connectivity index is 0.00000210. The number of pyridine rings is 1. The third kappa shape index (κ3) is 3.45. The number of benzene rings is 1. The van der Waals surface area contributed by atoms with E-state index in [2.05, 4.69) is 15.0 Å². The minimum Gasteiger partial charge on any atom is -0.382 e. The van der Waals surface area contributed by atoms with E-state index >= 15 is 0 Å². The fourth-order valence-electron chi connectivity index (χ4n) is 3.35. The van der Waals surface area contributed by atoms with E-state index in [0.717, 1.165) is 25.9 Å². The fourth-order valence-corrected chi connectivity index (χ4v) is 3.84. The highest BCUT2D eigenvalue weighted by Gasteiger charge is 2.26. The minimum absolute atomic E-state index is 0. The molecule has 2 aromatic heterocycles. The molecule has 6 nitrogen and oxygen atoms in total. The van der Waals surface area contributed by atoms with Crippen LogP contribution in [0, 0.1) is 6.92 Å². The molecule has 3 aromatic rings. The van der Waals surface area contributed by atoms with Crippen LogP contribution >= 0.6 is 35.6 Å². The van der Waals surface area contributed by atoms with E-state index in [4.69, 9.17) is 28.9 Å². The predicted octanol–water partition coefficient (Wildman–Crippen LogP) is 4.48. The molecule has 3 heterocycles. The number of imidazole rings is 1. The zero-order valence-corrected chi connectivity index (χ0v) is 16.9. The average Bonchev–Trinajstić information content (AvgIpc) is 3.24. The van der Waals surface area contributed by atoms with Gasteiger partial charge in [0, 0.05) is 23.7 Å². The molecule has 1 fully saturated rings. The number of halogens is 3. The standard InChI is InChI=1S/C18H17Cl2N5O.ClH/c1-9-13(18(26)25-6-2-3-7-25)14-15(16(21)22-9)24-17(23-14)11-5-4-10(19)8-12(11)20;/h4-5,8H,2-3,6-7H2,1H3,(H2,21,22)(H,23,24);1H. The largest absolute Gasteiger partial charge is 0.382 e. The predicted molar refractivity (Wildman–Crippen MR) is 111 cm³/mol. The second-order valence-corrected chi connectivity index (χ2v) is 7.23. The number of nitrogen functional groups attached to an aromatic ring is 1. The first-order valence-electron chi connectivity index (χ1n) is 8.36. The van der Waals surface area contributed by atoms with Crippen molar-refractivity contribution in [2.45, 2.75) is 19.8 Å². The Morgan fingerprint density at radius 1 is 1.22 bits per heavy atom. The van der Waals surface area contributed by atoms with Gasteiger partial charge in [-0.2, -0.15) is 0 Å². The molecule has 0 unspecified atom stereocenters. The minimum atomic E-state index is -0.0576. The van der Waals surface area contributed by atoms with E-state index < -0.39 is 0 Å². The van der Waals surface area contributed by atoms with Gasteiger partial charge in [-0.1, -0.05) is 23.2 Å². The van der Waals surface area contributed by atoms with Gasteiger partial charge in [0.2, 0.25) is 0 Å². The van der Waals surface area contributed by atoms with Gasteiger partial charge in [0.05, 0.1) is 16.3 Å². The van der Waals surface area contributed by atoms with Crippen LogP contribution in [0.2, 0.25) is 10.0 Å². The number of nitrogens with one attached hydrogen (secondary N) is 1. The first kappa shape index (κ1) is 19.7. The second kappa shape index (κ2) is 7.54. The van der Waals surface area contributed by atoms with Gasteiger partial charge < -0.3 is 15.6 Å². The number of hydrogen-bond donors (Lipinski definition) is 2. The van der Waals surface area contributed by atoms with Gasteiger partial charge in [0.15, 0.2) is 0 Å². The van der Waals surface area contributed by atoms with Crippen LogP contribution in [0.1, 0.15) is 28.9 Å². The van der Waals surface area contributed by atoms with E-state index in [-0.39, 0.29) is 18.3 Å². The summed E-state index contributed by atoms with van der Waals surface area (Å²) in [5, 5.41) is 1.00. The van der Waals surface area contributed by atoms with Crippen molar-refractivity contribution in [3.63, 3.8) is 0 Å². The molecule has 1 saturated heterocycles. The normalized spacial score (nSPS) is 13.8. The van der Waals surface area contributed by atoms with E-state index in [9.17, 15) is 4.79 Å². The lowest BCUT2D eigenvalue weighted by Crippen LogP contribution is -2.28. The van der Waals surface area contributed by atoms with Crippen molar-refractivity contribution in [3.05, 3.63) is 39.5 Å². The van der Waals surface area contributed by atoms with Crippen LogP contribution in [0.4, 0.5) is 5.82 Å². The van der Waals surface area contributed by atoms with Gasteiger partial charge in [-0.05, 0) is 38.0 Å². The summed E-state index contributed by atoms with van der Waals surface area (Å²) in [7, 11) is 0. The molecule has 1 aromatic carbocycles. The molecular weight excluding hydrogens is 409 g/mol. The maximum absolute atomic E-state index is 13.0. The molecule has 3 N–H and O–H groups in total. The first-order valence-corrected chi connectivity index (χ1v) is 9.12. The van der Waals surface area contributed by atoms with Crippen molar-refractivity contribution in [2.24, 2.45) is 0 Å². The Morgan fingerprint density at radius 2 is 1.93 bits per heavy atom. The molecule has 1 aliphatic heterocycles. The monoisotopic (exact) mass is 425 g/mol. The van der Waals surface area contributed by atoms with Gasteiger partial charge in [0.25, 0.3) is 5.91 Å². The fraction of sp³-hybridized carbons (Fsp3) is 0.278. The summed E-state index contributed by atoms with van der Waals surface area (Å²) in [5.41, 5.74) is 8.88. The van der Waals surface area contributed by atoms with E-state index in [0.29, 0.717) is 49.5 Å². The van der Waals surface area contributed by atoms with Crippen LogP contribution in [-0.4, -0.2) is 38.8 Å². The Hall–Kier alpha value is -2.02. The van der Waals surface area contributed by atoms with E-state index in [1.807, 2.05) is 4.90 Å². The number of aromatic nitrogens is 3. The number of anilines is 1. The molecule has 9 heteroatoms. The molecule has 0 bridgehead atoms. The second-order valence-electron chi connectivity index (χ2n) is 6.39. The highest BCUT2D eigenvalue weighted by molar-refractivity contribution is 6.36. The summed E-state index contributed by atoms with van der Waals surface area (Å²) in [4.78, 5) is 27.0. The number of aryl methyl sites for hydroxylation is 1. The summed E-state index contributed by atoms with van der Waals surface area (Å²) in [6.07, 6.45) is 2.03. The third-order valence-electron chi connectivity index (χ3n) is 4.64. The first-order chi connectivity index (χ1) is 12.5. The lowest BCUT2D eigenvalue weighted by atomic mass is 10.1. The smallest absolute Gasteiger partial charge is 0.257 e. The van der Waals surface area contributed by atoms with Crippen molar-refractivity contribution < 1.29 is 4.79 Å². The number of nitrogens with zero attached hydrogens (tertiary/aromatic N) is 3. The summed E-state index contributed by atoms with van der Waals surface area (Å²) in [5.74, 6) is 0.772. The highest BCUT2D eigenvalue weighted by atomic mass is 35.5. The number of hydrogen-bond acceptors (Lipinski definition) is 4. The number of likely N-dealkylation sites (tertiary alicyclic amines) is 1. The van der Waals surface area contributed by atoms with Crippen LogP contribution in [-0.2, 0) is 0 Å². The van der Waals surface area contributed by atoms with Gasteiger partial charge in [-0.3, -0.25) is 4.79 Å². The van der Waals surface area contributed by atoms with Crippen LogP contribution in [0.3, 0.4) is 0 Å². The van der Waals surface area contributed by atoms with Crippen LogP contribution in [0.15, 0.2) is 18.2 Å². The molecule has 4 rings (SSSR count). The molecule has 1 amide bonds. The van der Waals surface area contributed by atoms with Crippen molar-refractivity contribution in [1.82, 2.24) is 19.9 Å². The van der Waals surface area contributed by atoms with Gasteiger partial charge in [-0.25, -0.2) is 9.97 Å². The molecule has 0 atom stereocenters. The number of H-pyrrole nitrogens is 1. The number of rotatable bonds is 2. The van der Waals surface area contributed by atoms with E-state index in [1.165, 1.54) is 0 Å². The zero-order valence-electron chi connectivity index (χ0n) is 14.6. The summed E-state index contributed by atoms with van der Waals surface area (Å²) in [6, 6.07) is 5.16. The Bertz CT molecular complexity index is 1030. The van der Waals surface area contributed by atoms with Gasteiger partial charge >= 0.3 is 0 Å². The SMILES string of the molecule is Cc1nc(N)c2[nH]c(-c3ccc(Cl)cc3Cl)nc2c1C(=O)N1CCCC1.Cl. The molecule has 142 valence electrons. The topological polar surface area (TPSA) is 87.9 Å². The molecule has 0 radical (unpaired) electrons. The maximum atomic E-state index is 13.0. The highest BCUT2D eigenvalue weighted by Crippen LogP contribution is 2.33. The molecule has 0 saturated carbocycles. The lowest BCUT2D eigenvalue weighted by molar-refractivity contribution is 0.0793. The van der Waals surface area contributed by atoms with Crippen molar-refractivity contribution in [1.29, 1.82) is 0 Å². The molecule has 27 heavy (non-hydrogen) atoms. The number of carbonyl (C=O) groups is 1.